The molecular formula is C22H32N4O3. The van der Waals surface area contributed by atoms with Crippen LogP contribution in [0.4, 0.5) is 0 Å². The van der Waals surface area contributed by atoms with Gasteiger partial charge in [0.15, 0.2) is 17.5 Å². The van der Waals surface area contributed by atoms with Crippen molar-refractivity contribution in [3.8, 4) is 11.5 Å². The lowest BCUT2D eigenvalue weighted by Crippen LogP contribution is -2.36. The number of aliphatic imine (C=N–C) groups is 1. The van der Waals surface area contributed by atoms with Crippen LogP contribution in [0.5, 0.6) is 11.5 Å². The summed E-state index contributed by atoms with van der Waals surface area (Å²) in [7, 11) is 1.68. The zero-order valence-electron chi connectivity index (χ0n) is 17.9. The summed E-state index contributed by atoms with van der Waals surface area (Å²) in [5.74, 6) is 3.78. The van der Waals surface area contributed by atoms with E-state index in [2.05, 4.69) is 20.6 Å². The molecular weight excluding hydrogens is 368 g/mol. The zero-order chi connectivity index (χ0) is 20.6. The number of hydrogen-bond acceptors (Lipinski definition) is 5. The van der Waals surface area contributed by atoms with E-state index in [-0.39, 0.29) is 0 Å². The van der Waals surface area contributed by atoms with E-state index in [1.807, 2.05) is 39.0 Å². The van der Waals surface area contributed by atoms with Gasteiger partial charge in [-0.2, -0.15) is 0 Å². The first-order chi connectivity index (χ1) is 14.1. The average Bonchev–Trinajstić information content (AvgIpc) is 3.34. The van der Waals surface area contributed by atoms with Crippen molar-refractivity contribution >= 4 is 5.96 Å². The van der Waals surface area contributed by atoms with Gasteiger partial charge in [0.05, 0.1) is 32.0 Å². The molecule has 1 aliphatic rings. The van der Waals surface area contributed by atoms with Crippen LogP contribution in [-0.2, 0) is 13.1 Å². The van der Waals surface area contributed by atoms with Crippen molar-refractivity contribution in [2.75, 3.05) is 13.7 Å². The Bertz CT molecular complexity index is 806. The molecule has 0 saturated heterocycles. The molecule has 158 valence electrons. The summed E-state index contributed by atoms with van der Waals surface area (Å²) in [6.45, 7) is 7.67. The molecule has 3 rings (SSSR count). The molecule has 1 aromatic carbocycles. The van der Waals surface area contributed by atoms with Gasteiger partial charge in [0.25, 0.3) is 0 Å². The molecule has 0 radical (unpaired) electrons. The minimum atomic E-state index is 0.305. The fourth-order valence-corrected chi connectivity index (χ4v) is 3.38. The highest BCUT2D eigenvalue weighted by atomic mass is 16.5. The second-order valence-corrected chi connectivity index (χ2v) is 7.31. The highest BCUT2D eigenvalue weighted by Gasteiger charge is 2.18. The number of benzene rings is 1. The number of ether oxygens (including phenoxy) is 2. The summed E-state index contributed by atoms with van der Waals surface area (Å²) in [5, 5.41) is 6.51. The molecule has 0 bridgehead atoms. The SMILES string of the molecule is CCNC(=NCc1ccc(OC2CCCC2)c(OC)c1)NCc1nc(C)c(C)o1. The second kappa shape index (κ2) is 10.2. The van der Waals surface area contributed by atoms with Crippen LogP contribution in [0.2, 0.25) is 0 Å². The molecule has 0 unspecified atom stereocenters. The van der Waals surface area contributed by atoms with Gasteiger partial charge in [-0.25, -0.2) is 9.98 Å². The Kier molecular flexibility index (Phi) is 7.38. The first-order valence-corrected chi connectivity index (χ1v) is 10.4. The number of nitrogens with zero attached hydrogens (tertiary/aromatic N) is 2. The quantitative estimate of drug-likeness (QED) is 0.517. The number of guanidine groups is 1. The van der Waals surface area contributed by atoms with E-state index in [0.717, 1.165) is 47.9 Å². The van der Waals surface area contributed by atoms with Crippen molar-refractivity contribution in [1.82, 2.24) is 15.6 Å². The van der Waals surface area contributed by atoms with Crippen molar-refractivity contribution in [2.24, 2.45) is 4.99 Å². The van der Waals surface area contributed by atoms with Crippen LogP contribution in [0.15, 0.2) is 27.6 Å². The Morgan fingerprint density at radius 2 is 2.00 bits per heavy atom. The molecule has 2 N–H and O–H groups in total. The van der Waals surface area contributed by atoms with E-state index in [4.69, 9.17) is 13.9 Å². The van der Waals surface area contributed by atoms with Crippen LogP contribution >= 0.6 is 0 Å². The number of nitrogens with one attached hydrogen (secondary N) is 2. The van der Waals surface area contributed by atoms with E-state index < -0.39 is 0 Å². The van der Waals surface area contributed by atoms with Crippen LogP contribution in [-0.4, -0.2) is 30.7 Å². The van der Waals surface area contributed by atoms with Gasteiger partial charge in [0.2, 0.25) is 5.89 Å². The Hall–Kier alpha value is -2.70. The Morgan fingerprint density at radius 3 is 2.66 bits per heavy atom. The largest absolute Gasteiger partial charge is 0.493 e. The molecule has 29 heavy (non-hydrogen) atoms. The molecule has 1 aliphatic carbocycles. The Morgan fingerprint density at radius 1 is 1.21 bits per heavy atom. The van der Waals surface area contributed by atoms with Gasteiger partial charge >= 0.3 is 0 Å². The van der Waals surface area contributed by atoms with Gasteiger partial charge in [-0.3, -0.25) is 0 Å². The van der Waals surface area contributed by atoms with E-state index in [1.54, 1.807) is 7.11 Å². The maximum absolute atomic E-state index is 6.11. The third kappa shape index (κ3) is 5.89. The smallest absolute Gasteiger partial charge is 0.214 e. The zero-order valence-corrected chi connectivity index (χ0v) is 17.9. The minimum Gasteiger partial charge on any atom is -0.493 e. The summed E-state index contributed by atoms with van der Waals surface area (Å²) in [6.07, 6.45) is 5.03. The number of methoxy groups -OCH3 is 1. The normalized spacial score (nSPS) is 14.8. The van der Waals surface area contributed by atoms with Crippen LogP contribution in [0.3, 0.4) is 0 Å². The standard InChI is InChI=1S/C22H32N4O3/c1-5-23-22(25-14-21-26-15(2)16(3)28-21)24-13-17-10-11-19(20(12-17)27-4)29-18-8-6-7-9-18/h10-12,18H,5-9,13-14H2,1-4H3,(H2,23,24,25). The number of aryl methyl sites for hydroxylation is 2. The third-order valence-corrected chi connectivity index (χ3v) is 5.07. The molecule has 1 saturated carbocycles. The van der Waals surface area contributed by atoms with E-state index >= 15 is 0 Å². The van der Waals surface area contributed by atoms with E-state index in [9.17, 15) is 0 Å². The van der Waals surface area contributed by atoms with Gasteiger partial charge in [-0.05, 0) is 64.2 Å². The highest BCUT2D eigenvalue weighted by molar-refractivity contribution is 5.79. The number of aromatic nitrogens is 1. The predicted molar refractivity (Wildman–Crippen MR) is 114 cm³/mol. The maximum atomic E-state index is 6.11. The number of oxazole rings is 1. The lowest BCUT2D eigenvalue weighted by molar-refractivity contribution is 0.200. The van der Waals surface area contributed by atoms with E-state index in [0.29, 0.717) is 31.0 Å². The molecule has 1 heterocycles. The molecule has 0 atom stereocenters. The van der Waals surface area contributed by atoms with Crippen LogP contribution in [0.25, 0.3) is 0 Å². The number of hydrogen-bond donors (Lipinski definition) is 2. The van der Waals surface area contributed by atoms with Gasteiger partial charge in [-0.1, -0.05) is 6.07 Å². The van der Waals surface area contributed by atoms with Crippen molar-refractivity contribution in [3.63, 3.8) is 0 Å². The fraction of sp³-hybridized carbons (Fsp3) is 0.545. The minimum absolute atomic E-state index is 0.305. The molecule has 1 aromatic heterocycles. The summed E-state index contributed by atoms with van der Waals surface area (Å²) in [4.78, 5) is 9.06. The first-order valence-electron chi connectivity index (χ1n) is 10.4. The first kappa shape index (κ1) is 21.0. The molecule has 2 aromatic rings. The maximum Gasteiger partial charge on any atom is 0.214 e. The van der Waals surface area contributed by atoms with Gasteiger partial charge in [0.1, 0.15) is 5.76 Å². The van der Waals surface area contributed by atoms with E-state index in [1.165, 1.54) is 12.8 Å². The number of rotatable bonds is 8. The van der Waals surface area contributed by atoms with Gasteiger partial charge in [0, 0.05) is 6.54 Å². The fourth-order valence-electron chi connectivity index (χ4n) is 3.38. The van der Waals surface area contributed by atoms with Crippen LogP contribution < -0.4 is 20.1 Å². The van der Waals surface area contributed by atoms with Gasteiger partial charge < -0.3 is 24.5 Å². The predicted octanol–water partition coefficient (Wildman–Crippen LogP) is 3.88. The van der Waals surface area contributed by atoms with Crippen LogP contribution in [0, 0.1) is 13.8 Å². The second-order valence-electron chi connectivity index (χ2n) is 7.31. The average molecular weight is 401 g/mol. The molecule has 0 aliphatic heterocycles. The lowest BCUT2D eigenvalue weighted by Gasteiger charge is -2.16. The lowest BCUT2D eigenvalue weighted by atomic mass is 10.2. The van der Waals surface area contributed by atoms with Crippen LogP contribution in [0.1, 0.15) is 55.5 Å². The molecule has 7 heteroatoms. The van der Waals surface area contributed by atoms with Crippen molar-refractivity contribution in [3.05, 3.63) is 41.1 Å². The molecule has 0 spiro atoms. The molecule has 1 fully saturated rings. The van der Waals surface area contributed by atoms with Crippen molar-refractivity contribution < 1.29 is 13.9 Å². The van der Waals surface area contributed by atoms with Crippen molar-refractivity contribution in [1.29, 1.82) is 0 Å². The highest BCUT2D eigenvalue weighted by Crippen LogP contribution is 2.32. The summed E-state index contributed by atoms with van der Waals surface area (Å²) >= 11 is 0. The third-order valence-electron chi connectivity index (χ3n) is 5.07. The summed E-state index contributed by atoms with van der Waals surface area (Å²) in [5.41, 5.74) is 1.97. The van der Waals surface area contributed by atoms with Gasteiger partial charge in [-0.15, -0.1) is 0 Å². The topological polar surface area (TPSA) is 80.9 Å². The Labute approximate surface area is 172 Å². The molecule has 0 amide bonds. The summed E-state index contributed by atoms with van der Waals surface area (Å²) < 4.78 is 17.3. The monoisotopic (exact) mass is 400 g/mol. The summed E-state index contributed by atoms with van der Waals surface area (Å²) in [6, 6.07) is 6.03. The molecule has 7 nitrogen and oxygen atoms in total. The Balaban J connectivity index is 1.62. The van der Waals surface area contributed by atoms with Crippen molar-refractivity contribution in [2.45, 2.75) is 65.6 Å².